The molecule has 9 heteroatoms. The number of terminal acetylenes is 1. The number of Topliss-reactive ketones (excluding diaryl/α,β-unsaturated/α-hetero) is 1. The third-order valence-electron chi connectivity index (χ3n) is 5.21. The van der Waals surface area contributed by atoms with Crippen molar-refractivity contribution in [3.8, 4) is 18.2 Å². The summed E-state index contributed by atoms with van der Waals surface area (Å²) in [6, 6.07) is 5.00. The number of rotatable bonds is 7. The predicted molar refractivity (Wildman–Crippen MR) is 108 cm³/mol. The van der Waals surface area contributed by atoms with Crippen LogP contribution in [-0.4, -0.2) is 41.2 Å². The van der Waals surface area contributed by atoms with Crippen LogP contribution in [0.3, 0.4) is 0 Å². The summed E-state index contributed by atoms with van der Waals surface area (Å²) < 4.78 is 24.8. The first-order chi connectivity index (χ1) is 14.5. The first kappa shape index (κ1) is 20.1. The predicted octanol–water partition coefficient (Wildman–Crippen LogP) is 2.47. The number of nitrogens with two attached hydrogens (primary N) is 1. The standard InChI is InChI=1S/C21H18ClFN4O3/c1-2-5-29-19-10-25-16(9-26-19)17(28)7-12-3-4-15(22)13(6-12)21(11-23)14-8-18(14)30-20(24)27-21/h1,3-4,6,9-10,14,18H,5,7-8,11H2,(H2,24,27)/t14-,18+,21+/m0/s1. The van der Waals surface area contributed by atoms with Crippen LogP contribution in [0.2, 0.25) is 5.02 Å². The highest BCUT2D eigenvalue weighted by molar-refractivity contribution is 6.31. The van der Waals surface area contributed by atoms with Gasteiger partial charge >= 0.3 is 0 Å². The molecule has 1 saturated carbocycles. The Morgan fingerprint density at radius 2 is 2.27 bits per heavy atom. The van der Waals surface area contributed by atoms with Crippen LogP contribution in [0.25, 0.3) is 0 Å². The normalized spacial score (nSPS) is 24.1. The van der Waals surface area contributed by atoms with E-state index >= 15 is 0 Å². The van der Waals surface area contributed by atoms with Crippen molar-refractivity contribution in [2.24, 2.45) is 16.6 Å². The molecule has 30 heavy (non-hydrogen) atoms. The van der Waals surface area contributed by atoms with Gasteiger partial charge in [0.15, 0.2) is 12.4 Å². The van der Waals surface area contributed by atoms with Crippen LogP contribution in [0.15, 0.2) is 35.6 Å². The Bertz CT molecular complexity index is 1050. The molecule has 0 radical (unpaired) electrons. The second-order valence-electron chi connectivity index (χ2n) is 7.15. The van der Waals surface area contributed by atoms with Gasteiger partial charge in [0.25, 0.3) is 6.02 Å². The van der Waals surface area contributed by atoms with Gasteiger partial charge in [-0.1, -0.05) is 29.7 Å². The second-order valence-corrected chi connectivity index (χ2v) is 7.56. The van der Waals surface area contributed by atoms with Gasteiger partial charge in [-0.05, 0) is 18.1 Å². The monoisotopic (exact) mass is 428 g/mol. The van der Waals surface area contributed by atoms with Gasteiger partial charge in [0.05, 0.1) is 12.4 Å². The summed E-state index contributed by atoms with van der Waals surface area (Å²) in [6.07, 6.45) is 8.31. The molecule has 0 unspecified atom stereocenters. The van der Waals surface area contributed by atoms with E-state index in [2.05, 4.69) is 20.9 Å². The van der Waals surface area contributed by atoms with E-state index in [-0.39, 0.29) is 48.4 Å². The number of alkyl halides is 1. The van der Waals surface area contributed by atoms with E-state index in [1.54, 1.807) is 18.2 Å². The number of carbonyl (C=O) groups is 1. The summed E-state index contributed by atoms with van der Waals surface area (Å²) in [5, 5.41) is 0.364. The number of ether oxygens (including phenoxy) is 2. The van der Waals surface area contributed by atoms with Crippen LogP contribution in [0.1, 0.15) is 28.0 Å². The van der Waals surface area contributed by atoms with Gasteiger partial charge in [0.2, 0.25) is 5.88 Å². The number of amidine groups is 1. The van der Waals surface area contributed by atoms with E-state index in [1.807, 2.05) is 0 Å². The number of carbonyl (C=O) groups excluding carboxylic acids is 1. The highest BCUT2D eigenvalue weighted by atomic mass is 35.5. The lowest BCUT2D eigenvalue weighted by molar-refractivity contribution is 0.0987. The zero-order valence-corrected chi connectivity index (χ0v) is 16.6. The largest absolute Gasteiger partial charge is 0.463 e. The zero-order chi connectivity index (χ0) is 21.3. The Morgan fingerprint density at radius 3 is 2.97 bits per heavy atom. The SMILES string of the molecule is C#CCOc1cnc(C(=O)Cc2ccc(Cl)c([C@@]3(CF)N=C(N)O[C@@H]4C[C@@H]43)c2)cn1. The molecule has 1 aliphatic heterocycles. The maximum Gasteiger partial charge on any atom is 0.283 e. The molecular formula is C21H18ClFN4O3. The van der Waals surface area contributed by atoms with Crippen molar-refractivity contribution in [3.63, 3.8) is 0 Å². The molecule has 2 aromatic rings. The molecule has 154 valence electrons. The van der Waals surface area contributed by atoms with Crippen molar-refractivity contribution in [2.45, 2.75) is 24.5 Å². The molecule has 0 amide bonds. The van der Waals surface area contributed by atoms with Crippen LogP contribution >= 0.6 is 11.6 Å². The quantitative estimate of drug-likeness (QED) is 0.537. The topological polar surface area (TPSA) is 99.7 Å². The number of aliphatic imine (C=N–C) groups is 1. The lowest BCUT2D eigenvalue weighted by atomic mass is 9.84. The second kappa shape index (κ2) is 7.92. The maximum absolute atomic E-state index is 14.2. The van der Waals surface area contributed by atoms with Gasteiger partial charge in [-0.15, -0.1) is 6.42 Å². The van der Waals surface area contributed by atoms with Crippen LogP contribution in [0.4, 0.5) is 4.39 Å². The zero-order valence-electron chi connectivity index (χ0n) is 15.8. The molecule has 4 rings (SSSR count). The summed E-state index contributed by atoms with van der Waals surface area (Å²) >= 11 is 6.39. The molecule has 1 aliphatic carbocycles. The number of hydrogen-bond acceptors (Lipinski definition) is 7. The third-order valence-corrected chi connectivity index (χ3v) is 5.54. The fourth-order valence-corrected chi connectivity index (χ4v) is 3.95. The van der Waals surface area contributed by atoms with Gasteiger partial charge < -0.3 is 15.2 Å². The molecule has 2 N–H and O–H groups in total. The molecule has 1 aromatic carbocycles. The molecule has 1 fully saturated rings. The Kier molecular flexibility index (Phi) is 5.31. The van der Waals surface area contributed by atoms with Gasteiger partial charge in [-0.25, -0.2) is 19.4 Å². The molecule has 0 bridgehead atoms. The molecule has 1 aromatic heterocycles. The number of ketones is 1. The smallest absolute Gasteiger partial charge is 0.283 e. The summed E-state index contributed by atoms with van der Waals surface area (Å²) in [5.74, 6) is 2.16. The number of aromatic nitrogens is 2. The van der Waals surface area contributed by atoms with Crippen LogP contribution in [0.5, 0.6) is 5.88 Å². The van der Waals surface area contributed by atoms with Crippen LogP contribution in [-0.2, 0) is 16.7 Å². The van der Waals surface area contributed by atoms with Crippen molar-refractivity contribution < 1.29 is 18.7 Å². The van der Waals surface area contributed by atoms with Crippen LogP contribution in [0, 0.1) is 18.3 Å². The molecule has 7 nitrogen and oxygen atoms in total. The minimum Gasteiger partial charge on any atom is -0.463 e. The number of fused-ring (bicyclic) bond motifs is 1. The Labute approximate surface area is 177 Å². The lowest BCUT2D eigenvalue weighted by Crippen LogP contribution is -2.39. The minimum atomic E-state index is -1.20. The summed E-state index contributed by atoms with van der Waals surface area (Å²) in [7, 11) is 0. The van der Waals surface area contributed by atoms with E-state index in [0.29, 0.717) is 22.6 Å². The average Bonchev–Trinajstić information content (AvgIpc) is 3.53. The number of halogens is 2. The molecule has 3 atom stereocenters. The average molecular weight is 429 g/mol. The van der Waals surface area contributed by atoms with E-state index in [4.69, 9.17) is 33.2 Å². The third kappa shape index (κ3) is 3.68. The number of hydrogen-bond donors (Lipinski definition) is 1. The minimum absolute atomic E-state index is 0.0373. The van der Waals surface area contributed by atoms with Crippen molar-refractivity contribution >= 4 is 23.4 Å². The first-order valence-electron chi connectivity index (χ1n) is 9.25. The summed E-state index contributed by atoms with van der Waals surface area (Å²) in [5.41, 5.74) is 5.89. The van der Waals surface area contributed by atoms with Gasteiger partial charge in [0, 0.05) is 22.9 Å². The highest BCUT2D eigenvalue weighted by Gasteiger charge is 2.59. The van der Waals surface area contributed by atoms with E-state index in [1.165, 1.54) is 12.4 Å². The fraction of sp³-hybridized carbons (Fsp3) is 0.333. The first-order valence-corrected chi connectivity index (χ1v) is 9.63. The maximum atomic E-state index is 14.2. The molecule has 2 aliphatic rings. The number of nitrogens with zero attached hydrogens (tertiary/aromatic N) is 3. The molecule has 0 spiro atoms. The number of benzene rings is 1. The molecular weight excluding hydrogens is 411 g/mol. The Morgan fingerprint density at radius 1 is 1.43 bits per heavy atom. The van der Waals surface area contributed by atoms with E-state index < -0.39 is 12.2 Å². The van der Waals surface area contributed by atoms with E-state index in [0.717, 1.165) is 0 Å². The molecule has 0 saturated heterocycles. The Balaban J connectivity index is 1.57. The summed E-state index contributed by atoms with van der Waals surface area (Å²) in [4.78, 5) is 25.0. The Hall–Kier alpha value is -3.18. The molecule has 2 heterocycles. The van der Waals surface area contributed by atoms with Crippen LogP contribution < -0.4 is 10.5 Å². The van der Waals surface area contributed by atoms with Crippen molar-refractivity contribution in [1.82, 2.24) is 9.97 Å². The highest BCUT2D eigenvalue weighted by Crippen LogP contribution is 2.54. The van der Waals surface area contributed by atoms with Crippen molar-refractivity contribution in [3.05, 3.63) is 52.4 Å². The van der Waals surface area contributed by atoms with E-state index in [9.17, 15) is 9.18 Å². The van der Waals surface area contributed by atoms with Gasteiger partial charge in [-0.3, -0.25) is 4.79 Å². The fourth-order valence-electron chi connectivity index (χ4n) is 3.67. The lowest BCUT2D eigenvalue weighted by Gasteiger charge is -2.32. The van der Waals surface area contributed by atoms with Crippen molar-refractivity contribution in [1.29, 1.82) is 0 Å². The van der Waals surface area contributed by atoms with Crippen molar-refractivity contribution in [2.75, 3.05) is 13.3 Å². The summed E-state index contributed by atoms with van der Waals surface area (Å²) in [6.45, 7) is -0.703. The van der Waals surface area contributed by atoms with Gasteiger partial charge in [0.1, 0.15) is 24.0 Å². The van der Waals surface area contributed by atoms with Gasteiger partial charge in [-0.2, -0.15) is 0 Å².